The molecule has 1 amide bonds. The Balaban J connectivity index is 2.12. The number of esters is 2. The van der Waals surface area contributed by atoms with E-state index >= 15 is 0 Å². The number of amides is 1. The maximum atomic E-state index is 13.4. The van der Waals surface area contributed by atoms with Crippen LogP contribution in [-0.2, 0) is 28.7 Å². The molecule has 2 unspecified atom stereocenters. The summed E-state index contributed by atoms with van der Waals surface area (Å²) >= 11 is 6.30. The predicted octanol–water partition coefficient (Wildman–Crippen LogP) is 5.22. The zero-order valence-electron chi connectivity index (χ0n) is 22.0. The number of dihydropyridines is 1. The average Bonchev–Trinajstić information content (AvgIpc) is 2.92. The summed E-state index contributed by atoms with van der Waals surface area (Å²) < 4.78 is 10.5. The van der Waals surface area contributed by atoms with Gasteiger partial charge in [-0.1, -0.05) is 54.1 Å². The summed E-state index contributed by atoms with van der Waals surface area (Å²) in [6, 6.07) is 16.1. The number of hydrogen-bond donors (Lipinski definition) is 1. The van der Waals surface area contributed by atoms with Crippen LogP contribution in [0.15, 0.2) is 77.1 Å². The number of nitrogens with one attached hydrogen (secondary N) is 1. The second-order valence-electron chi connectivity index (χ2n) is 8.60. The van der Waals surface area contributed by atoms with Crippen LogP contribution in [0.4, 0.5) is 0 Å². The van der Waals surface area contributed by atoms with E-state index in [1.165, 1.54) is 12.2 Å². The zero-order chi connectivity index (χ0) is 27.7. The highest BCUT2D eigenvalue weighted by Gasteiger charge is 2.39. The molecule has 1 heterocycles. The molecule has 1 aliphatic rings. The molecule has 0 bridgehead atoms. The fourth-order valence-corrected chi connectivity index (χ4v) is 4.88. The van der Waals surface area contributed by atoms with Crippen molar-refractivity contribution >= 4 is 29.9 Å². The van der Waals surface area contributed by atoms with Crippen LogP contribution in [0.1, 0.15) is 56.7 Å². The van der Waals surface area contributed by atoms with Gasteiger partial charge in [-0.2, -0.15) is 0 Å². The molecule has 1 N–H and O–H groups in total. The summed E-state index contributed by atoms with van der Waals surface area (Å²) in [7, 11) is 1.30. The van der Waals surface area contributed by atoms with Crippen molar-refractivity contribution in [1.82, 2.24) is 10.4 Å². The number of hydrogen-bond acceptors (Lipinski definition) is 7. The molecule has 0 fully saturated rings. The number of methoxy groups -OCH3 is 1. The number of allylic oxidation sites excluding steroid dienone is 2. The molecular formula is C29H33ClN2O6. The van der Waals surface area contributed by atoms with Crippen LogP contribution in [0.5, 0.6) is 0 Å². The summed E-state index contributed by atoms with van der Waals surface area (Å²) in [5.74, 6) is -1.88. The molecule has 0 saturated carbocycles. The van der Waals surface area contributed by atoms with Crippen molar-refractivity contribution in [2.75, 3.05) is 20.3 Å². The molecule has 1 aliphatic heterocycles. The molecular weight excluding hydrogens is 508 g/mol. The third kappa shape index (κ3) is 6.62. The van der Waals surface area contributed by atoms with Crippen LogP contribution in [0.2, 0.25) is 5.02 Å². The molecule has 0 radical (unpaired) electrons. The Morgan fingerprint density at radius 2 is 1.79 bits per heavy atom. The fraction of sp³-hybridized carbons (Fsp3) is 0.345. The van der Waals surface area contributed by atoms with Crippen LogP contribution in [0.25, 0.3) is 0 Å². The third-order valence-corrected chi connectivity index (χ3v) is 6.50. The number of nitrogens with zero attached hydrogens (tertiary/aromatic N) is 1. The van der Waals surface area contributed by atoms with Gasteiger partial charge in [0.2, 0.25) is 6.41 Å². The number of ether oxygens (including phenoxy) is 2. The first-order valence-corrected chi connectivity index (χ1v) is 12.9. The molecule has 2 aromatic carbocycles. The van der Waals surface area contributed by atoms with Crippen LogP contribution in [0.3, 0.4) is 0 Å². The second kappa shape index (κ2) is 13.8. The first-order chi connectivity index (χ1) is 18.4. The Morgan fingerprint density at radius 3 is 2.39 bits per heavy atom. The monoisotopic (exact) mass is 540 g/mol. The normalized spacial score (nSPS) is 16.0. The summed E-state index contributed by atoms with van der Waals surface area (Å²) in [5, 5.41) is 5.02. The van der Waals surface area contributed by atoms with E-state index in [0.29, 0.717) is 59.0 Å². The predicted molar refractivity (Wildman–Crippen MR) is 144 cm³/mol. The van der Waals surface area contributed by atoms with E-state index in [-0.39, 0.29) is 6.61 Å². The molecule has 9 heteroatoms. The molecule has 0 aliphatic carbocycles. The Bertz CT molecular complexity index is 1210. The summed E-state index contributed by atoms with van der Waals surface area (Å²) in [5.41, 5.74) is 3.27. The zero-order valence-corrected chi connectivity index (χ0v) is 22.8. The highest BCUT2D eigenvalue weighted by Crippen LogP contribution is 2.41. The topological polar surface area (TPSA) is 94.2 Å². The first-order valence-electron chi connectivity index (χ1n) is 12.5. The maximum absolute atomic E-state index is 13.4. The molecule has 3 rings (SSSR count). The number of benzene rings is 2. The van der Waals surface area contributed by atoms with Crippen LogP contribution >= 0.6 is 11.6 Å². The first kappa shape index (κ1) is 28.9. The minimum Gasteiger partial charge on any atom is -0.466 e. The standard InChI is InChI=1S/C29H33ClN2O6/c1-5-37-29(35)27-23(15-16-24(32(18-33)38-6-2)20-11-8-7-9-12-20)31-19(3)25(28(34)36-4)26(27)21-13-10-14-22(30)17-21/h7-14,17-18,24,26,31H,5-6,15-16H2,1-4H3. The van der Waals surface area contributed by atoms with Crippen molar-refractivity contribution in [1.29, 1.82) is 0 Å². The molecule has 2 atom stereocenters. The maximum Gasteiger partial charge on any atom is 0.336 e. The Morgan fingerprint density at radius 1 is 1.05 bits per heavy atom. The third-order valence-electron chi connectivity index (χ3n) is 6.27. The smallest absolute Gasteiger partial charge is 0.336 e. The molecule has 38 heavy (non-hydrogen) atoms. The van der Waals surface area contributed by atoms with Crippen molar-refractivity contribution in [3.8, 4) is 0 Å². The lowest BCUT2D eigenvalue weighted by Crippen LogP contribution is -2.34. The number of carbonyl (C=O) groups excluding carboxylic acids is 3. The minimum absolute atomic E-state index is 0.157. The summed E-state index contributed by atoms with van der Waals surface area (Å²) in [4.78, 5) is 43.9. The average molecular weight is 541 g/mol. The number of rotatable bonds is 12. The highest BCUT2D eigenvalue weighted by molar-refractivity contribution is 6.30. The van der Waals surface area contributed by atoms with Crippen LogP contribution in [-0.4, -0.2) is 43.7 Å². The Kier molecular flexibility index (Phi) is 10.5. The quantitative estimate of drug-likeness (QED) is 0.224. The van der Waals surface area contributed by atoms with E-state index in [4.69, 9.17) is 25.9 Å². The van der Waals surface area contributed by atoms with E-state index in [1.807, 2.05) is 36.4 Å². The van der Waals surface area contributed by atoms with Gasteiger partial charge in [-0.15, -0.1) is 0 Å². The van der Waals surface area contributed by atoms with Gasteiger partial charge in [0.25, 0.3) is 0 Å². The van der Waals surface area contributed by atoms with Gasteiger partial charge in [-0.3, -0.25) is 9.63 Å². The minimum atomic E-state index is -0.763. The van der Waals surface area contributed by atoms with E-state index in [2.05, 4.69) is 5.32 Å². The fourth-order valence-electron chi connectivity index (χ4n) is 4.68. The molecule has 202 valence electrons. The van der Waals surface area contributed by atoms with Gasteiger partial charge >= 0.3 is 11.9 Å². The van der Waals surface area contributed by atoms with Gasteiger partial charge in [-0.05, 0) is 56.9 Å². The highest BCUT2D eigenvalue weighted by atomic mass is 35.5. The van der Waals surface area contributed by atoms with Gasteiger partial charge in [0.05, 0.1) is 43.4 Å². The lowest BCUT2D eigenvalue weighted by Gasteiger charge is -2.33. The molecule has 0 spiro atoms. The number of hydroxylamine groups is 2. The SMILES string of the molecule is CCOC(=O)C1=C(CCC(c2ccccc2)N(C=O)OCC)NC(C)=C(C(=O)OC)C1c1cccc(Cl)c1. The van der Waals surface area contributed by atoms with Crippen molar-refractivity contribution in [3.05, 3.63) is 93.3 Å². The van der Waals surface area contributed by atoms with Crippen molar-refractivity contribution < 1.29 is 28.7 Å². The molecule has 8 nitrogen and oxygen atoms in total. The summed E-state index contributed by atoms with van der Waals surface area (Å²) in [6.07, 6.45) is 1.44. The van der Waals surface area contributed by atoms with Crippen LogP contribution in [0, 0.1) is 0 Å². The van der Waals surface area contributed by atoms with Crippen molar-refractivity contribution in [2.24, 2.45) is 0 Å². The van der Waals surface area contributed by atoms with Gasteiger partial charge < -0.3 is 14.8 Å². The lowest BCUT2D eigenvalue weighted by atomic mass is 9.79. The van der Waals surface area contributed by atoms with E-state index in [1.54, 1.807) is 39.0 Å². The van der Waals surface area contributed by atoms with Gasteiger partial charge in [-0.25, -0.2) is 14.7 Å². The largest absolute Gasteiger partial charge is 0.466 e. The van der Waals surface area contributed by atoms with E-state index in [0.717, 1.165) is 5.56 Å². The molecule has 0 aromatic heterocycles. The Hall–Kier alpha value is -3.62. The van der Waals surface area contributed by atoms with Crippen molar-refractivity contribution in [3.63, 3.8) is 0 Å². The molecule has 0 saturated heterocycles. The van der Waals surface area contributed by atoms with Gasteiger partial charge in [0.1, 0.15) is 0 Å². The number of carbonyl (C=O) groups is 3. The van der Waals surface area contributed by atoms with Crippen LogP contribution < -0.4 is 5.32 Å². The Labute approximate surface area is 228 Å². The van der Waals surface area contributed by atoms with E-state index < -0.39 is 23.9 Å². The van der Waals surface area contributed by atoms with Gasteiger partial charge in [0.15, 0.2) is 0 Å². The van der Waals surface area contributed by atoms with Gasteiger partial charge in [0, 0.05) is 16.4 Å². The molecule has 2 aromatic rings. The van der Waals surface area contributed by atoms with Crippen molar-refractivity contribution in [2.45, 2.75) is 45.6 Å². The summed E-state index contributed by atoms with van der Waals surface area (Å²) in [6.45, 7) is 5.77. The number of halogens is 1. The van der Waals surface area contributed by atoms with E-state index in [9.17, 15) is 14.4 Å². The lowest BCUT2D eigenvalue weighted by molar-refractivity contribution is -0.186. The second-order valence-corrected chi connectivity index (χ2v) is 9.04.